The number of nitrogens with zero attached hydrogens (tertiary/aromatic N) is 1. The SMILES string of the molecule is CCCCCCCCNc1nc2sc(C(=O)NCc3ccccc3)c(CC)c2c(=O)o1. The van der Waals surface area contributed by atoms with Crippen molar-refractivity contribution in [3.05, 3.63) is 56.8 Å². The first-order valence-electron chi connectivity index (χ1n) is 11.2. The van der Waals surface area contributed by atoms with Crippen LogP contribution >= 0.6 is 11.3 Å². The average Bonchev–Trinajstić information content (AvgIpc) is 3.17. The Bertz CT molecular complexity index is 1040. The minimum absolute atomic E-state index is 0.190. The summed E-state index contributed by atoms with van der Waals surface area (Å²) in [7, 11) is 0. The molecule has 0 bridgehead atoms. The Morgan fingerprint density at radius 1 is 1.06 bits per heavy atom. The lowest BCUT2D eigenvalue weighted by molar-refractivity contribution is 0.0954. The van der Waals surface area contributed by atoms with E-state index in [1.165, 1.54) is 37.0 Å². The third-order valence-corrected chi connectivity index (χ3v) is 6.37. The van der Waals surface area contributed by atoms with E-state index in [2.05, 4.69) is 22.5 Å². The third-order valence-electron chi connectivity index (χ3n) is 5.25. The van der Waals surface area contributed by atoms with E-state index in [0.717, 1.165) is 18.4 Å². The molecule has 2 heterocycles. The topological polar surface area (TPSA) is 84.2 Å². The minimum Gasteiger partial charge on any atom is -0.389 e. The molecule has 1 aromatic carbocycles. The van der Waals surface area contributed by atoms with E-state index in [4.69, 9.17) is 4.42 Å². The van der Waals surface area contributed by atoms with Gasteiger partial charge in [-0.25, -0.2) is 4.79 Å². The molecule has 2 N–H and O–H groups in total. The molecule has 31 heavy (non-hydrogen) atoms. The van der Waals surface area contributed by atoms with E-state index in [1.54, 1.807) is 0 Å². The number of thiophene rings is 1. The molecule has 0 spiro atoms. The number of nitrogens with one attached hydrogen (secondary N) is 2. The number of carbonyl (C=O) groups excluding carboxylic acids is 1. The van der Waals surface area contributed by atoms with Crippen molar-refractivity contribution >= 4 is 33.5 Å². The van der Waals surface area contributed by atoms with Gasteiger partial charge in [-0.1, -0.05) is 76.3 Å². The molecule has 0 radical (unpaired) electrons. The molecular weight excluding hydrogens is 410 g/mol. The molecule has 2 aromatic heterocycles. The Morgan fingerprint density at radius 2 is 1.81 bits per heavy atom. The molecule has 3 rings (SSSR count). The number of fused-ring (bicyclic) bond motifs is 1. The number of anilines is 1. The molecule has 166 valence electrons. The molecule has 0 aliphatic heterocycles. The molecule has 7 heteroatoms. The summed E-state index contributed by atoms with van der Waals surface area (Å²) in [6.07, 6.45) is 7.71. The largest absolute Gasteiger partial charge is 0.389 e. The summed E-state index contributed by atoms with van der Waals surface area (Å²) in [6.45, 7) is 5.28. The van der Waals surface area contributed by atoms with Crippen molar-refractivity contribution in [1.82, 2.24) is 10.3 Å². The summed E-state index contributed by atoms with van der Waals surface area (Å²) in [6, 6.07) is 9.97. The maximum absolute atomic E-state index is 12.8. The van der Waals surface area contributed by atoms with Gasteiger partial charge in [0.1, 0.15) is 10.2 Å². The first-order chi connectivity index (χ1) is 15.1. The second-order valence-corrected chi connectivity index (χ2v) is 8.61. The maximum atomic E-state index is 12.8. The highest BCUT2D eigenvalue weighted by atomic mass is 32.1. The smallest absolute Gasteiger partial charge is 0.349 e. The van der Waals surface area contributed by atoms with Gasteiger partial charge in [-0.3, -0.25) is 4.79 Å². The molecule has 0 unspecified atom stereocenters. The number of unbranched alkanes of at least 4 members (excludes halogenated alkanes) is 5. The summed E-state index contributed by atoms with van der Waals surface area (Å²) < 4.78 is 5.40. The Balaban J connectivity index is 1.68. The quantitative estimate of drug-likeness (QED) is 0.362. The van der Waals surface area contributed by atoms with Crippen LogP contribution in [0.3, 0.4) is 0 Å². The molecule has 0 saturated heterocycles. The normalized spacial score (nSPS) is 11.0. The van der Waals surface area contributed by atoms with Gasteiger partial charge in [0, 0.05) is 13.1 Å². The van der Waals surface area contributed by atoms with Gasteiger partial charge in [-0.15, -0.1) is 11.3 Å². The van der Waals surface area contributed by atoms with Crippen LogP contribution in [0, 0.1) is 0 Å². The number of hydrogen-bond donors (Lipinski definition) is 2. The second kappa shape index (κ2) is 11.6. The van der Waals surface area contributed by atoms with Gasteiger partial charge in [0.2, 0.25) is 0 Å². The molecule has 0 aliphatic rings. The predicted octanol–water partition coefficient (Wildman–Crippen LogP) is 5.51. The Hall–Kier alpha value is -2.67. The number of benzene rings is 1. The van der Waals surface area contributed by atoms with E-state index in [9.17, 15) is 9.59 Å². The zero-order valence-electron chi connectivity index (χ0n) is 18.3. The van der Waals surface area contributed by atoms with Crippen molar-refractivity contribution in [2.75, 3.05) is 11.9 Å². The van der Waals surface area contributed by atoms with Gasteiger partial charge in [0.15, 0.2) is 0 Å². The van der Waals surface area contributed by atoms with Crippen LogP contribution < -0.4 is 16.3 Å². The molecule has 0 atom stereocenters. The number of amides is 1. The van der Waals surface area contributed by atoms with Gasteiger partial charge >= 0.3 is 5.63 Å². The number of rotatable bonds is 12. The molecule has 6 nitrogen and oxygen atoms in total. The van der Waals surface area contributed by atoms with Crippen molar-refractivity contribution in [2.45, 2.75) is 65.3 Å². The predicted molar refractivity (Wildman–Crippen MR) is 127 cm³/mol. The monoisotopic (exact) mass is 441 g/mol. The lowest BCUT2D eigenvalue weighted by Gasteiger charge is -2.05. The fourth-order valence-electron chi connectivity index (χ4n) is 3.55. The maximum Gasteiger partial charge on any atom is 0.349 e. The standard InChI is InChI=1S/C24H31N3O3S/c1-3-5-6-7-8-12-15-25-24-27-22-19(23(29)30-24)18(4-2)20(31-22)21(28)26-16-17-13-10-9-11-14-17/h9-11,13-14H,3-8,12,15-16H2,1-2H3,(H,25,27)(H,26,28). The van der Waals surface area contributed by atoms with Crippen LogP contribution in [0.2, 0.25) is 0 Å². The van der Waals surface area contributed by atoms with Crippen LogP contribution in [0.1, 0.15) is 73.2 Å². The molecule has 0 saturated carbocycles. The van der Waals surface area contributed by atoms with E-state index in [0.29, 0.717) is 40.2 Å². The van der Waals surface area contributed by atoms with Gasteiger partial charge < -0.3 is 15.1 Å². The Labute approximate surface area is 187 Å². The second-order valence-electron chi connectivity index (χ2n) is 7.61. The summed E-state index contributed by atoms with van der Waals surface area (Å²) in [5.41, 5.74) is 1.29. The molecule has 0 aliphatic carbocycles. The van der Waals surface area contributed by atoms with Gasteiger partial charge in [0.25, 0.3) is 11.9 Å². The van der Waals surface area contributed by atoms with Crippen LogP contribution in [0.4, 0.5) is 6.01 Å². The summed E-state index contributed by atoms with van der Waals surface area (Å²) in [4.78, 5) is 31.0. The molecule has 3 aromatic rings. The van der Waals surface area contributed by atoms with Crippen LogP contribution in [0.15, 0.2) is 39.5 Å². The van der Waals surface area contributed by atoms with Crippen LogP contribution in [-0.2, 0) is 13.0 Å². The fourth-order valence-corrected chi connectivity index (χ4v) is 4.72. The average molecular weight is 442 g/mol. The van der Waals surface area contributed by atoms with Crippen molar-refractivity contribution in [1.29, 1.82) is 0 Å². The Kier molecular flexibility index (Phi) is 8.64. The van der Waals surface area contributed by atoms with Gasteiger partial charge in [-0.05, 0) is 24.0 Å². The van der Waals surface area contributed by atoms with E-state index < -0.39 is 5.63 Å². The highest BCUT2D eigenvalue weighted by Crippen LogP contribution is 2.29. The zero-order valence-corrected chi connectivity index (χ0v) is 19.1. The highest BCUT2D eigenvalue weighted by molar-refractivity contribution is 7.20. The minimum atomic E-state index is -0.439. The summed E-state index contributed by atoms with van der Waals surface area (Å²) in [5.74, 6) is -0.190. The summed E-state index contributed by atoms with van der Waals surface area (Å²) in [5, 5.41) is 6.48. The first-order valence-corrected chi connectivity index (χ1v) is 12.0. The lowest BCUT2D eigenvalue weighted by atomic mass is 10.1. The molecule has 1 amide bonds. The third kappa shape index (κ3) is 6.17. The van der Waals surface area contributed by atoms with Crippen molar-refractivity contribution in [3.63, 3.8) is 0 Å². The van der Waals surface area contributed by atoms with Crippen molar-refractivity contribution < 1.29 is 9.21 Å². The zero-order chi connectivity index (χ0) is 22.1. The van der Waals surface area contributed by atoms with Gasteiger partial charge in [-0.2, -0.15) is 4.98 Å². The molecule has 0 fully saturated rings. The van der Waals surface area contributed by atoms with Crippen molar-refractivity contribution in [2.24, 2.45) is 0 Å². The van der Waals surface area contributed by atoms with E-state index >= 15 is 0 Å². The lowest BCUT2D eigenvalue weighted by Crippen LogP contribution is -2.22. The molecular formula is C24H31N3O3S. The van der Waals surface area contributed by atoms with E-state index in [1.807, 2.05) is 37.3 Å². The number of carbonyl (C=O) groups is 1. The van der Waals surface area contributed by atoms with Crippen LogP contribution in [0.25, 0.3) is 10.2 Å². The number of aromatic nitrogens is 1. The van der Waals surface area contributed by atoms with Crippen LogP contribution in [-0.4, -0.2) is 17.4 Å². The van der Waals surface area contributed by atoms with E-state index in [-0.39, 0.29) is 11.9 Å². The number of hydrogen-bond acceptors (Lipinski definition) is 6. The van der Waals surface area contributed by atoms with Gasteiger partial charge in [0.05, 0.1) is 4.88 Å². The summed E-state index contributed by atoms with van der Waals surface area (Å²) >= 11 is 1.25. The Morgan fingerprint density at radius 3 is 2.55 bits per heavy atom. The number of aryl methyl sites for hydroxylation is 1. The first kappa shape index (κ1) is 23.0. The van der Waals surface area contributed by atoms with Crippen LogP contribution in [0.5, 0.6) is 0 Å². The fraction of sp³-hybridized carbons (Fsp3) is 0.458. The van der Waals surface area contributed by atoms with Crippen molar-refractivity contribution in [3.8, 4) is 0 Å². The highest BCUT2D eigenvalue weighted by Gasteiger charge is 2.22.